The summed E-state index contributed by atoms with van der Waals surface area (Å²) in [5.74, 6) is 0.521. The monoisotopic (exact) mass is 700 g/mol. The summed E-state index contributed by atoms with van der Waals surface area (Å²) in [5, 5.41) is 0. The number of rotatable bonds is 8. The van der Waals surface area contributed by atoms with Crippen molar-refractivity contribution in [3.8, 4) is 11.1 Å². The Morgan fingerprint density at radius 1 is 0.426 bits per heavy atom. The zero-order valence-corrected chi connectivity index (χ0v) is 31.6. The van der Waals surface area contributed by atoms with Crippen molar-refractivity contribution in [3.63, 3.8) is 0 Å². The molecule has 2 aliphatic rings. The normalized spacial score (nSPS) is 18.4. The summed E-state index contributed by atoms with van der Waals surface area (Å²) in [6.07, 6.45) is 4.90. The van der Waals surface area contributed by atoms with Gasteiger partial charge in [0.1, 0.15) is 0 Å². The first kappa shape index (κ1) is 33.9. The molecule has 0 heterocycles. The Morgan fingerprint density at radius 2 is 0.852 bits per heavy atom. The Balaban J connectivity index is 1.10. The Morgan fingerprint density at radius 3 is 1.37 bits per heavy atom. The molecule has 2 aliphatic carbocycles. The van der Waals surface area contributed by atoms with E-state index in [4.69, 9.17) is 0 Å². The lowest BCUT2D eigenvalue weighted by atomic mass is 9.60. The molecule has 0 aromatic heterocycles. The lowest BCUT2D eigenvalue weighted by molar-refractivity contribution is 0.244. The van der Waals surface area contributed by atoms with Crippen molar-refractivity contribution < 1.29 is 0 Å². The van der Waals surface area contributed by atoms with Gasteiger partial charge in [0.05, 0.1) is 0 Å². The average Bonchev–Trinajstić information content (AvgIpc) is 3.45. The average molecular weight is 701 g/mol. The summed E-state index contributed by atoms with van der Waals surface area (Å²) in [5.41, 5.74) is 15.2. The Bertz CT molecular complexity index is 2320. The van der Waals surface area contributed by atoms with E-state index in [1.807, 2.05) is 0 Å². The molecule has 0 radical (unpaired) electrons. The molecule has 2 nitrogen and oxygen atoms in total. The zero-order valence-electron chi connectivity index (χ0n) is 31.6. The molecule has 0 bridgehead atoms. The molecular weight excluding hydrogens is 653 g/mol. The van der Waals surface area contributed by atoms with Crippen molar-refractivity contribution in [1.82, 2.24) is 0 Å². The highest BCUT2D eigenvalue weighted by Crippen LogP contribution is 2.52. The molecular formula is C52H48N2. The third kappa shape index (κ3) is 5.73. The van der Waals surface area contributed by atoms with E-state index < -0.39 is 0 Å². The van der Waals surface area contributed by atoms with Crippen molar-refractivity contribution >= 4 is 34.1 Å². The van der Waals surface area contributed by atoms with Gasteiger partial charge < -0.3 is 9.80 Å². The maximum atomic E-state index is 2.47. The predicted molar refractivity (Wildman–Crippen MR) is 228 cm³/mol. The van der Waals surface area contributed by atoms with E-state index in [1.54, 1.807) is 0 Å². The fraction of sp³-hybridized carbons (Fsp3) is 0.192. The maximum absolute atomic E-state index is 2.47. The summed E-state index contributed by atoms with van der Waals surface area (Å²) in [4.78, 5) is 4.78. The smallest absolute Gasteiger partial charge is 0.0465 e. The number of hydrogen-bond donors (Lipinski definition) is 0. The third-order valence-corrected chi connectivity index (χ3v) is 12.4. The first-order valence-corrected chi connectivity index (χ1v) is 19.7. The van der Waals surface area contributed by atoms with Crippen LogP contribution in [0.5, 0.6) is 0 Å². The molecule has 0 amide bonds. The van der Waals surface area contributed by atoms with Crippen LogP contribution in [0.2, 0.25) is 0 Å². The van der Waals surface area contributed by atoms with Crippen LogP contribution in [0.15, 0.2) is 182 Å². The summed E-state index contributed by atoms with van der Waals surface area (Å²) < 4.78 is 0. The van der Waals surface area contributed by atoms with Gasteiger partial charge in [0.15, 0.2) is 0 Å². The van der Waals surface area contributed by atoms with Crippen molar-refractivity contribution in [2.75, 3.05) is 9.80 Å². The van der Waals surface area contributed by atoms with Crippen molar-refractivity contribution in [1.29, 1.82) is 0 Å². The summed E-state index contributed by atoms with van der Waals surface area (Å²) in [6, 6.07) is 67.2. The van der Waals surface area contributed by atoms with Gasteiger partial charge in [0.2, 0.25) is 0 Å². The Kier molecular flexibility index (Phi) is 8.70. The van der Waals surface area contributed by atoms with Crippen molar-refractivity contribution in [3.05, 3.63) is 204 Å². The van der Waals surface area contributed by atoms with Gasteiger partial charge in [-0.25, -0.2) is 0 Å². The van der Waals surface area contributed by atoms with Gasteiger partial charge in [-0.1, -0.05) is 143 Å². The van der Waals surface area contributed by atoms with Crippen molar-refractivity contribution in [2.24, 2.45) is 5.92 Å². The Hall–Kier alpha value is -5.86. The second kappa shape index (κ2) is 13.8. The van der Waals surface area contributed by atoms with Crippen LogP contribution in [0, 0.1) is 5.92 Å². The van der Waals surface area contributed by atoms with E-state index >= 15 is 0 Å². The molecule has 2 atom stereocenters. The molecule has 1 saturated carbocycles. The topological polar surface area (TPSA) is 6.48 Å². The largest absolute Gasteiger partial charge is 0.311 e. The van der Waals surface area contributed by atoms with Crippen molar-refractivity contribution in [2.45, 2.75) is 57.3 Å². The van der Waals surface area contributed by atoms with Gasteiger partial charge in [0.25, 0.3) is 0 Å². The van der Waals surface area contributed by atoms with Crippen LogP contribution in [0.1, 0.15) is 68.7 Å². The third-order valence-electron chi connectivity index (χ3n) is 12.4. The van der Waals surface area contributed by atoms with Gasteiger partial charge in [-0.15, -0.1) is 0 Å². The summed E-state index contributed by atoms with van der Waals surface area (Å²) >= 11 is 0. The first-order valence-electron chi connectivity index (χ1n) is 19.7. The van der Waals surface area contributed by atoms with Gasteiger partial charge in [-0.05, 0) is 125 Å². The molecule has 0 saturated heterocycles. The highest BCUT2D eigenvalue weighted by atomic mass is 15.1. The van der Waals surface area contributed by atoms with Gasteiger partial charge in [0, 0.05) is 45.0 Å². The second-order valence-corrected chi connectivity index (χ2v) is 15.8. The van der Waals surface area contributed by atoms with E-state index in [2.05, 4.69) is 213 Å². The molecule has 7 aromatic rings. The summed E-state index contributed by atoms with van der Waals surface area (Å²) in [6.45, 7) is 7.20. The molecule has 0 N–H and O–H groups in total. The van der Waals surface area contributed by atoms with Crippen LogP contribution in [0.25, 0.3) is 11.1 Å². The zero-order chi connectivity index (χ0) is 36.7. The molecule has 54 heavy (non-hydrogen) atoms. The molecule has 7 aromatic carbocycles. The van der Waals surface area contributed by atoms with Gasteiger partial charge in [-0.2, -0.15) is 0 Å². The van der Waals surface area contributed by atoms with E-state index in [9.17, 15) is 0 Å². The van der Waals surface area contributed by atoms with E-state index in [1.165, 1.54) is 69.7 Å². The fourth-order valence-corrected chi connectivity index (χ4v) is 9.64. The SMILES string of the molecule is CC1CCCCC1(c1ccc(N(c2ccccc2)c2ccccc2)cc1)c1ccc(N(c2ccccc2)c2ccc3c(c2)C(C)(C)c2ccccc2-3)cc1. The number of benzene rings is 7. The highest BCUT2D eigenvalue weighted by molar-refractivity contribution is 5.85. The molecule has 0 aliphatic heterocycles. The molecule has 2 unspecified atom stereocenters. The van der Waals surface area contributed by atoms with Crippen LogP contribution >= 0.6 is 0 Å². The standard InChI is InChI=1S/C52H48N2/c1-38-17-15-16-36-52(38,39-26-30-44(31-27-39)53(41-18-7-4-8-19-41)42-20-9-5-10-21-42)40-28-32-45(33-29-40)54(43-22-11-6-12-23-43)46-34-35-48-47-24-13-14-25-49(47)51(2,3)50(48)37-46/h4-14,18-35,37-38H,15-17,36H2,1-3H3. The van der Waals surface area contributed by atoms with Gasteiger partial charge >= 0.3 is 0 Å². The van der Waals surface area contributed by atoms with E-state index in [0.717, 1.165) is 23.5 Å². The molecule has 1 fully saturated rings. The minimum absolute atomic E-state index is 0.0550. The number of fused-ring (bicyclic) bond motifs is 3. The van der Waals surface area contributed by atoms with E-state index in [0.29, 0.717) is 5.92 Å². The molecule has 2 heteroatoms. The minimum Gasteiger partial charge on any atom is -0.311 e. The van der Waals surface area contributed by atoms with Crippen LogP contribution in [0.4, 0.5) is 34.1 Å². The lowest BCUT2D eigenvalue weighted by Gasteiger charge is -2.44. The number of hydrogen-bond acceptors (Lipinski definition) is 2. The molecule has 9 rings (SSSR count). The van der Waals surface area contributed by atoms with Crippen LogP contribution in [-0.2, 0) is 10.8 Å². The lowest BCUT2D eigenvalue weighted by Crippen LogP contribution is -2.37. The van der Waals surface area contributed by atoms with Crippen LogP contribution < -0.4 is 9.80 Å². The number of nitrogens with zero attached hydrogens (tertiary/aromatic N) is 2. The van der Waals surface area contributed by atoms with Crippen LogP contribution in [0.3, 0.4) is 0 Å². The maximum Gasteiger partial charge on any atom is 0.0465 e. The number of para-hydroxylation sites is 3. The summed E-state index contributed by atoms with van der Waals surface area (Å²) in [7, 11) is 0. The van der Waals surface area contributed by atoms with Crippen LogP contribution in [-0.4, -0.2) is 0 Å². The van der Waals surface area contributed by atoms with E-state index in [-0.39, 0.29) is 10.8 Å². The fourth-order valence-electron chi connectivity index (χ4n) is 9.64. The Labute approximate surface area is 321 Å². The highest BCUT2D eigenvalue weighted by Gasteiger charge is 2.41. The minimum atomic E-state index is -0.0631. The molecule has 266 valence electrons. The van der Waals surface area contributed by atoms with Gasteiger partial charge in [-0.3, -0.25) is 0 Å². The predicted octanol–water partition coefficient (Wildman–Crippen LogP) is 14.4. The second-order valence-electron chi connectivity index (χ2n) is 15.8. The molecule has 0 spiro atoms. The first-order chi connectivity index (χ1) is 26.4. The number of anilines is 6. The quantitative estimate of drug-likeness (QED) is 0.156.